The van der Waals surface area contributed by atoms with Gasteiger partial charge in [0.1, 0.15) is 23.5 Å². The lowest BCUT2D eigenvalue weighted by atomic mass is 10.0. The summed E-state index contributed by atoms with van der Waals surface area (Å²) in [4.78, 5) is 25.2. The average molecular weight is 543 g/mol. The molecule has 1 aromatic carbocycles. The van der Waals surface area contributed by atoms with Crippen molar-refractivity contribution in [3.05, 3.63) is 95.6 Å². The molecule has 40 heavy (non-hydrogen) atoms. The Morgan fingerprint density at radius 3 is 2.60 bits per heavy atom. The van der Waals surface area contributed by atoms with E-state index in [0.717, 1.165) is 49.1 Å². The predicted octanol–water partition coefficient (Wildman–Crippen LogP) is 3.80. The van der Waals surface area contributed by atoms with Crippen molar-refractivity contribution in [2.24, 2.45) is 4.99 Å². The van der Waals surface area contributed by atoms with E-state index in [0.29, 0.717) is 26.2 Å². The molecule has 0 aromatic heterocycles. The molecule has 0 N–H and O–H groups in total. The second kappa shape index (κ2) is 12.7. The molecule has 1 aromatic rings. The molecule has 8 heteroatoms. The summed E-state index contributed by atoms with van der Waals surface area (Å²) < 4.78 is 5.70. The molecule has 0 aliphatic carbocycles. The molecule has 1 amide bonds. The number of hydrogen-bond acceptors (Lipinski definition) is 7. The van der Waals surface area contributed by atoms with Crippen LogP contribution in [0.5, 0.6) is 0 Å². The molecule has 4 aliphatic rings. The number of allylic oxidation sites excluding steroid dienone is 4. The highest BCUT2D eigenvalue weighted by Gasteiger charge is 2.41. The van der Waals surface area contributed by atoms with Crippen molar-refractivity contribution in [3.8, 4) is 0 Å². The number of piperazine rings is 1. The third kappa shape index (κ3) is 5.78. The van der Waals surface area contributed by atoms with Crippen LogP contribution in [0.25, 0.3) is 0 Å². The fraction of sp³-hybridized carbons (Fsp3) is 0.438. The molecule has 2 fully saturated rings. The summed E-state index contributed by atoms with van der Waals surface area (Å²) in [6, 6.07) is 10.0. The van der Waals surface area contributed by atoms with Gasteiger partial charge in [0, 0.05) is 52.8 Å². The number of carbonyl (C=O) groups excluding carboxylic acids is 1. The van der Waals surface area contributed by atoms with E-state index >= 15 is 0 Å². The molecule has 2 atom stereocenters. The Morgan fingerprint density at radius 2 is 1.88 bits per heavy atom. The summed E-state index contributed by atoms with van der Waals surface area (Å²) in [7, 11) is 4.03. The molecular formula is C32H42N6O2. The zero-order valence-corrected chi connectivity index (χ0v) is 24.2. The van der Waals surface area contributed by atoms with E-state index in [4.69, 9.17) is 9.73 Å². The number of carbonyl (C=O) groups is 1. The first-order valence-corrected chi connectivity index (χ1v) is 14.4. The van der Waals surface area contributed by atoms with Gasteiger partial charge in [-0.25, -0.2) is 15.0 Å². The van der Waals surface area contributed by atoms with Crippen LogP contribution in [0, 0.1) is 0 Å². The Labute approximate surface area is 238 Å². The smallest absolute Gasteiger partial charge is 0.245 e. The molecule has 0 spiro atoms. The van der Waals surface area contributed by atoms with Crippen LogP contribution in [0.3, 0.4) is 0 Å². The van der Waals surface area contributed by atoms with Gasteiger partial charge in [-0.05, 0) is 30.6 Å². The van der Waals surface area contributed by atoms with Gasteiger partial charge < -0.3 is 19.4 Å². The number of morpholine rings is 1. The van der Waals surface area contributed by atoms with Gasteiger partial charge in [0.25, 0.3) is 0 Å². The number of hydrogen-bond donors (Lipinski definition) is 0. The van der Waals surface area contributed by atoms with Gasteiger partial charge in [0.15, 0.2) is 0 Å². The Balaban J connectivity index is 1.54. The number of fused-ring (bicyclic) bond motifs is 1. The summed E-state index contributed by atoms with van der Waals surface area (Å²) >= 11 is 0. The summed E-state index contributed by atoms with van der Waals surface area (Å²) in [6.07, 6.45) is 16.8. The van der Waals surface area contributed by atoms with Gasteiger partial charge in [-0.3, -0.25) is 4.79 Å². The minimum Gasteiger partial charge on any atom is -0.378 e. The van der Waals surface area contributed by atoms with Crippen molar-refractivity contribution in [2.75, 3.05) is 53.5 Å². The fourth-order valence-corrected chi connectivity index (χ4v) is 5.75. The molecule has 8 nitrogen and oxygen atoms in total. The van der Waals surface area contributed by atoms with E-state index < -0.39 is 0 Å². The van der Waals surface area contributed by atoms with E-state index in [-0.39, 0.29) is 18.0 Å². The van der Waals surface area contributed by atoms with Crippen LogP contribution >= 0.6 is 0 Å². The van der Waals surface area contributed by atoms with Crippen LogP contribution < -0.4 is 0 Å². The molecular weight excluding hydrogens is 500 g/mol. The van der Waals surface area contributed by atoms with Gasteiger partial charge >= 0.3 is 0 Å². The van der Waals surface area contributed by atoms with Crippen LogP contribution in [0.2, 0.25) is 0 Å². The quantitative estimate of drug-likeness (QED) is 0.489. The molecule has 2 saturated heterocycles. The number of amides is 1. The van der Waals surface area contributed by atoms with Crippen LogP contribution in [-0.2, 0) is 16.0 Å². The molecule has 0 radical (unpaired) electrons. The highest BCUT2D eigenvalue weighted by Crippen LogP contribution is 2.35. The Hall–Kier alpha value is -3.62. The minimum absolute atomic E-state index is 0.0366. The molecule has 4 aliphatic heterocycles. The summed E-state index contributed by atoms with van der Waals surface area (Å²) in [5.41, 5.74) is 2.35. The lowest BCUT2D eigenvalue weighted by Crippen LogP contribution is -2.59. The lowest BCUT2D eigenvalue weighted by molar-refractivity contribution is -0.137. The predicted molar refractivity (Wildman–Crippen MR) is 160 cm³/mol. The Morgan fingerprint density at radius 1 is 1.10 bits per heavy atom. The lowest BCUT2D eigenvalue weighted by Gasteiger charge is -2.45. The maximum Gasteiger partial charge on any atom is 0.245 e. The molecule has 2 unspecified atom stereocenters. The van der Waals surface area contributed by atoms with E-state index in [2.05, 4.69) is 95.4 Å². The normalized spacial score (nSPS) is 24.6. The van der Waals surface area contributed by atoms with Crippen molar-refractivity contribution < 1.29 is 9.53 Å². The first-order valence-electron chi connectivity index (χ1n) is 14.4. The van der Waals surface area contributed by atoms with Crippen LogP contribution in [-0.4, -0.2) is 102 Å². The van der Waals surface area contributed by atoms with E-state index in [1.165, 1.54) is 5.57 Å². The molecule has 5 rings (SSSR count). The Bertz CT molecular complexity index is 1240. The van der Waals surface area contributed by atoms with Gasteiger partial charge in [-0.1, -0.05) is 67.6 Å². The van der Waals surface area contributed by atoms with Crippen LogP contribution in [0.4, 0.5) is 0 Å². The SMILES string of the molecule is C\C=C/C(=C\C=C\CC)C1C=C2N=C(N3CCN(C)C(=O)C3Cc3ccccc3)C=C(N3CCOCC3)N2N1C. The van der Waals surface area contributed by atoms with Crippen molar-refractivity contribution in [1.82, 2.24) is 24.7 Å². The zero-order valence-electron chi connectivity index (χ0n) is 24.2. The number of amidine groups is 1. The third-order valence-corrected chi connectivity index (χ3v) is 7.92. The molecule has 212 valence electrons. The van der Waals surface area contributed by atoms with E-state index in [1.54, 1.807) is 0 Å². The van der Waals surface area contributed by atoms with Crippen molar-refractivity contribution in [2.45, 2.75) is 38.8 Å². The molecule has 0 bridgehead atoms. The highest BCUT2D eigenvalue weighted by molar-refractivity contribution is 5.99. The summed E-state index contributed by atoms with van der Waals surface area (Å²) in [5.74, 6) is 2.96. The van der Waals surface area contributed by atoms with Gasteiger partial charge in [0.2, 0.25) is 5.91 Å². The zero-order chi connectivity index (χ0) is 28.1. The molecule has 0 saturated carbocycles. The third-order valence-electron chi connectivity index (χ3n) is 7.92. The van der Waals surface area contributed by atoms with Crippen molar-refractivity contribution >= 4 is 11.7 Å². The monoisotopic (exact) mass is 542 g/mol. The first-order chi connectivity index (χ1) is 19.5. The maximum atomic E-state index is 13.5. The van der Waals surface area contributed by atoms with E-state index in [1.807, 2.05) is 30.1 Å². The number of rotatable bonds is 7. The second-order valence-electron chi connectivity index (χ2n) is 10.6. The second-order valence-corrected chi connectivity index (χ2v) is 10.6. The van der Waals surface area contributed by atoms with E-state index in [9.17, 15) is 4.79 Å². The standard InChI is InChI=1S/C32H42N6O2/c1-5-7-9-15-26(12-6-2)27-23-30-33-29(24-31(38(30)35(27)4)36-18-20-40-21-19-36)37-17-16-34(3)32(39)28(37)22-25-13-10-8-11-14-25/h6-15,23-24,27-28H,5,16-22H2,1-4H3/b9-7+,12-6-,26-15+. The minimum atomic E-state index is -0.304. The van der Waals surface area contributed by atoms with Crippen molar-refractivity contribution in [1.29, 1.82) is 0 Å². The van der Waals surface area contributed by atoms with Gasteiger partial charge in [0.05, 0.1) is 19.3 Å². The summed E-state index contributed by atoms with van der Waals surface area (Å²) in [5, 5.41) is 4.49. The fourth-order valence-electron chi connectivity index (χ4n) is 5.75. The summed E-state index contributed by atoms with van der Waals surface area (Å²) in [6.45, 7) is 8.63. The number of aliphatic imine (C=N–C) groups is 1. The van der Waals surface area contributed by atoms with Gasteiger partial charge in [-0.15, -0.1) is 0 Å². The first kappa shape index (κ1) is 27.9. The number of hydrazine groups is 1. The number of benzene rings is 1. The maximum absolute atomic E-state index is 13.5. The van der Waals surface area contributed by atoms with Gasteiger partial charge in [-0.2, -0.15) is 0 Å². The largest absolute Gasteiger partial charge is 0.378 e. The topological polar surface area (TPSA) is 54.9 Å². The number of likely N-dealkylation sites (N-methyl/N-ethyl adjacent to an activating group) is 2. The van der Waals surface area contributed by atoms with Crippen molar-refractivity contribution in [3.63, 3.8) is 0 Å². The number of nitrogens with zero attached hydrogens (tertiary/aromatic N) is 6. The average Bonchev–Trinajstić information content (AvgIpc) is 3.31. The Kier molecular flexibility index (Phi) is 8.87. The van der Waals surface area contributed by atoms with Crippen LogP contribution in [0.15, 0.2) is 95.1 Å². The molecule has 4 heterocycles. The highest BCUT2D eigenvalue weighted by atomic mass is 16.5. The number of ether oxygens (including phenoxy) is 1. The van der Waals surface area contributed by atoms with Crippen LogP contribution in [0.1, 0.15) is 25.8 Å².